The number of carbonyl (C=O) groups excluding carboxylic acids is 3. The number of nitrogens with one attached hydrogen (secondary N) is 3. The smallest absolute Gasteiger partial charge is 0.246 e. The van der Waals surface area contributed by atoms with Crippen LogP contribution in [0.4, 0.5) is 0 Å². The molecule has 4 N–H and O–H groups in total. The Morgan fingerprint density at radius 3 is 2.36 bits per heavy atom. The van der Waals surface area contributed by atoms with Crippen LogP contribution in [0, 0.1) is 18.3 Å². The van der Waals surface area contributed by atoms with E-state index in [2.05, 4.69) is 20.9 Å². The molecule has 9 nitrogen and oxygen atoms in total. The molecule has 3 amide bonds. The Morgan fingerprint density at radius 1 is 1.10 bits per heavy atom. The van der Waals surface area contributed by atoms with Gasteiger partial charge in [-0.3, -0.25) is 14.4 Å². The molecule has 3 heterocycles. The summed E-state index contributed by atoms with van der Waals surface area (Å²) in [6.07, 6.45) is 0.815. The number of likely N-dealkylation sites (tertiary alicyclic amines) is 1. The summed E-state index contributed by atoms with van der Waals surface area (Å²) in [5.74, 6) is -0.916. The molecule has 2 aliphatic rings. The molecule has 0 saturated carbocycles. The maximum atomic E-state index is 13.8. The van der Waals surface area contributed by atoms with Crippen molar-refractivity contribution in [1.29, 1.82) is 0 Å². The highest BCUT2D eigenvalue weighted by Gasteiger charge is 2.45. The molecule has 10 heteroatoms. The lowest BCUT2D eigenvalue weighted by Gasteiger charge is -2.36. The maximum Gasteiger partial charge on any atom is 0.246 e. The molecule has 2 saturated heterocycles. The van der Waals surface area contributed by atoms with Gasteiger partial charge in [-0.15, -0.1) is 11.3 Å². The van der Waals surface area contributed by atoms with Crippen molar-refractivity contribution in [2.45, 2.75) is 78.1 Å². The van der Waals surface area contributed by atoms with Crippen molar-refractivity contribution in [3.05, 3.63) is 41.0 Å². The van der Waals surface area contributed by atoms with Gasteiger partial charge in [0.2, 0.25) is 17.7 Å². The fraction of sp³-hybridized carbons (Fsp3) is 0.586. The van der Waals surface area contributed by atoms with E-state index >= 15 is 0 Å². The van der Waals surface area contributed by atoms with Gasteiger partial charge in [0.05, 0.1) is 28.2 Å². The predicted molar refractivity (Wildman–Crippen MR) is 152 cm³/mol. The van der Waals surface area contributed by atoms with E-state index in [1.807, 2.05) is 64.4 Å². The Labute approximate surface area is 234 Å². The first-order chi connectivity index (χ1) is 18.5. The van der Waals surface area contributed by atoms with Crippen molar-refractivity contribution < 1.29 is 19.5 Å². The van der Waals surface area contributed by atoms with Gasteiger partial charge in [-0.25, -0.2) is 4.98 Å². The number of aliphatic hydroxyl groups excluding tert-OH is 1. The Morgan fingerprint density at radius 2 is 1.77 bits per heavy atom. The lowest BCUT2D eigenvalue weighted by Crippen LogP contribution is -2.58. The SMILES string of the molecule is Cc1ncsc1-c1ccc([C@H](C)NC(=O)[C@@H]2C[C@@H](O)CN2C(=O)[C@@H](NC(=O)C2CCNCC2)C(C)(C)C)cc1. The van der Waals surface area contributed by atoms with Gasteiger partial charge < -0.3 is 26.0 Å². The van der Waals surface area contributed by atoms with E-state index in [0.717, 1.165) is 47.6 Å². The van der Waals surface area contributed by atoms with Crippen LogP contribution in [0.1, 0.15) is 64.3 Å². The number of benzene rings is 1. The van der Waals surface area contributed by atoms with Gasteiger partial charge in [-0.2, -0.15) is 0 Å². The Hall–Kier alpha value is -2.82. The van der Waals surface area contributed by atoms with Crippen LogP contribution in [0.15, 0.2) is 29.8 Å². The standard InChI is InChI=1S/C29H41N5O4S/c1-17(19-6-8-20(9-7-19)24-18(2)31-16-39-24)32-27(37)23-14-22(35)15-34(23)28(38)25(29(3,4)5)33-26(36)21-10-12-30-13-11-21/h6-9,16-17,21-23,25,30,35H,10-15H2,1-5H3,(H,32,37)(H,33,36)/t17-,22+,23-,25+/m0/s1. The van der Waals surface area contributed by atoms with E-state index in [1.54, 1.807) is 11.3 Å². The summed E-state index contributed by atoms with van der Waals surface area (Å²) in [6, 6.07) is 6.10. The first-order valence-electron chi connectivity index (χ1n) is 13.8. The average Bonchev–Trinajstić information content (AvgIpc) is 3.52. The number of aryl methyl sites for hydroxylation is 1. The molecule has 4 rings (SSSR count). The normalized spacial score (nSPS) is 21.8. The molecule has 2 aliphatic heterocycles. The van der Waals surface area contributed by atoms with Crippen molar-refractivity contribution in [3.8, 4) is 10.4 Å². The second-order valence-electron chi connectivity index (χ2n) is 11.8. The number of aliphatic hydroxyl groups is 1. The van der Waals surface area contributed by atoms with Crippen LogP contribution in [-0.2, 0) is 14.4 Å². The number of thiazole rings is 1. The Kier molecular flexibility index (Phi) is 9.08. The number of piperidine rings is 1. The molecule has 0 unspecified atom stereocenters. The summed E-state index contributed by atoms with van der Waals surface area (Å²) in [6.45, 7) is 11.2. The zero-order chi connectivity index (χ0) is 28.3. The fourth-order valence-corrected chi connectivity index (χ4v) is 6.17. The summed E-state index contributed by atoms with van der Waals surface area (Å²) < 4.78 is 0. The van der Waals surface area contributed by atoms with Crippen LogP contribution in [0.3, 0.4) is 0 Å². The first kappa shape index (κ1) is 29.2. The molecule has 0 spiro atoms. The Balaban J connectivity index is 1.44. The van der Waals surface area contributed by atoms with Crippen molar-refractivity contribution in [1.82, 2.24) is 25.8 Å². The number of rotatable bonds is 7. The second-order valence-corrected chi connectivity index (χ2v) is 12.7. The largest absolute Gasteiger partial charge is 0.391 e. The van der Waals surface area contributed by atoms with Crippen molar-refractivity contribution in [2.24, 2.45) is 11.3 Å². The number of β-amino-alcohol motifs (C(OH)–C–C–N with tert-alkyl or cyclic N) is 1. The van der Waals surface area contributed by atoms with Gasteiger partial charge in [0.15, 0.2) is 0 Å². The highest BCUT2D eigenvalue weighted by atomic mass is 32.1. The van der Waals surface area contributed by atoms with Crippen LogP contribution in [0.5, 0.6) is 0 Å². The van der Waals surface area contributed by atoms with E-state index < -0.39 is 23.6 Å². The average molecular weight is 556 g/mol. The third-order valence-corrected chi connectivity index (χ3v) is 8.73. The highest BCUT2D eigenvalue weighted by Crippen LogP contribution is 2.30. The zero-order valence-electron chi connectivity index (χ0n) is 23.5. The Bertz CT molecular complexity index is 1170. The fourth-order valence-electron chi connectivity index (χ4n) is 5.36. The molecule has 0 aliphatic carbocycles. The van der Waals surface area contributed by atoms with Gasteiger partial charge in [-0.1, -0.05) is 45.0 Å². The molecule has 39 heavy (non-hydrogen) atoms. The number of carbonyl (C=O) groups is 3. The first-order valence-corrected chi connectivity index (χ1v) is 14.6. The minimum atomic E-state index is -0.810. The molecule has 1 aromatic heterocycles. The molecular weight excluding hydrogens is 514 g/mol. The highest BCUT2D eigenvalue weighted by molar-refractivity contribution is 7.13. The summed E-state index contributed by atoms with van der Waals surface area (Å²) in [7, 11) is 0. The monoisotopic (exact) mass is 555 g/mol. The number of aromatic nitrogens is 1. The van der Waals surface area contributed by atoms with Crippen LogP contribution in [-0.4, -0.2) is 70.5 Å². The minimum absolute atomic E-state index is 0.0595. The van der Waals surface area contributed by atoms with E-state index in [4.69, 9.17) is 0 Å². The van der Waals surface area contributed by atoms with Gasteiger partial charge in [0, 0.05) is 18.9 Å². The summed E-state index contributed by atoms with van der Waals surface area (Å²) in [5.41, 5.74) is 4.26. The molecule has 2 aromatic rings. The third-order valence-electron chi connectivity index (χ3n) is 7.75. The zero-order valence-corrected chi connectivity index (χ0v) is 24.3. The molecular formula is C29H41N5O4S. The van der Waals surface area contributed by atoms with Crippen LogP contribution in [0.2, 0.25) is 0 Å². The maximum absolute atomic E-state index is 13.8. The molecule has 0 bridgehead atoms. The van der Waals surface area contributed by atoms with Gasteiger partial charge in [-0.05, 0) is 56.3 Å². The number of hydrogen-bond donors (Lipinski definition) is 4. The molecule has 1 aromatic carbocycles. The van der Waals surface area contributed by atoms with Crippen LogP contribution in [0.25, 0.3) is 10.4 Å². The quantitative estimate of drug-likeness (QED) is 0.417. The number of nitrogens with zero attached hydrogens (tertiary/aromatic N) is 2. The van der Waals surface area contributed by atoms with Crippen molar-refractivity contribution >= 4 is 29.1 Å². The van der Waals surface area contributed by atoms with Gasteiger partial charge in [0.1, 0.15) is 12.1 Å². The predicted octanol–water partition coefficient (Wildman–Crippen LogP) is 2.79. The van der Waals surface area contributed by atoms with Crippen LogP contribution < -0.4 is 16.0 Å². The van der Waals surface area contributed by atoms with Crippen LogP contribution >= 0.6 is 11.3 Å². The second kappa shape index (κ2) is 12.1. The molecule has 212 valence electrons. The number of amides is 3. The van der Waals surface area contributed by atoms with Gasteiger partial charge >= 0.3 is 0 Å². The van der Waals surface area contributed by atoms with E-state index in [9.17, 15) is 19.5 Å². The van der Waals surface area contributed by atoms with E-state index in [0.29, 0.717) is 0 Å². The number of hydrogen-bond acceptors (Lipinski definition) is 7. The summed E-state index contributed by atoms with van der Waals surface area (Å²) in [4.78, 5) is 47.1. The lowest BCUT2D eigenvalue weighted by molar-refractivity contribution is -0.144. The topological polar surface area (TPSA) is 124 Å². The van der Waals surface area contributed by atoms with Crippen molar-refractivity contribution in [2.75, 3.05) is 19.6 Å². The molecule has 4 atom stereocenters. The van der Waals surface area contributed by atoms with E-state index in [-0.39, 0.29) is 42.6 Å². The van der Waals surface area contributed by atoms with E-state index in [1.165, 1.54) is 4.90 Å². The summed E-state index contributed by atoms with van der Waals surface area (Å²) in [5, 5.41) is 19.7. The minimum Gasteiger partial charge on any atom is -0.391 e. The summed E-state index contributed by atoms with van der Waals surface area (Å²) >= 11 is 1.59. The molecule has 0 radical (unpaired) electrons. The van der Waals surface area contributed by atoms with Crippen molar-refractivity contribution in [3.63, 3.8) is 0 Å². The van der Waals surface area contributed by atoms with Gasteiger partial charge in [0.25, 0.3) is 0 Å². The third kappa shape index (κ3) is 6.85. The lowest BCUT2D eigenvalue weighted by atomic mass is 9.84. The molecule has 2 fully saturated rings.